The Bertz CT molecular complexity index is 604. The molecule has 2 heterocycles. The number of carboxylic acid groups (broad SMARTS) is 1. The highest BCUT2D eigenvalue weighted by Gasteiger charge is 2.32. The fraction of sp³-hybridized carbons (Fsp3) is 0.692. The van der Waals surface area contributed by atoms with Crippen LogP contribution in [0, 0.1) is 12.8 Å². The molecule has 1 aromatic heterocycles. The predicted molar refractivity (Wildman–Crippen MR) is 76.3 cm³/mol. The average molecular weight is 315 g/mol. The molecule has 21 heavy (non-hydrogen) atoms. The number of rotatable bonds is 5. The van der Waals surface area contributed by atoms with Gasteiger partial charge in [-0.15, -0.1) is 0 Å². The first-order valence-corrected chi connectivity index (χ1v) is 8.46. The summed E-state index contributed by atoms with van der Waals surface area (Å²) in [7, 11) is -1.82. The number of piperidine rings is 1. The minimum absolute atomic E-state index is 0.0707. The standard InChI is InChI=1S/C13H21N3O4S/c1-10-14-12(9-15(10)2)21(19,20)16-7-3-4-11(8-16)5-6-13(17)18/h9,11H,3-8H2,1-2H3,(H,17,18). The summed E-state index contributed by atoms with van der Waals surface area (Å²) in [5, 5.41) is 8.81. The van der Waals surface area contributed by atoms with Crippen LogP contribution in [0.1, 0.15) is 31.5 Å². The fourth-order valence-electron chi connectivity index (χ4n) is 2.59. The molecule has 8 heteroatoms. The minimum atomic E-state index is -3.58. The second-order valence-corrected chi connectivity index (χ2v) is 7.43. The first-order chi connectivity index (χ1) is 9.80. The molecule has 7 nitrogen and oxygen atoms in total. The molecule has 1 aliphatic rings. The Hall–Kier alpha value is -1.41. The molecule has 0 aromatic carbocycles. The van der Waals surface area contributed by atoms with Gasteiger partial charge in [0.05, 0.1) is 0 Å². The molecule has 1 saturated heterocycles. The summed E-state index contributed by atoms with van der Waals surface area (Å²) >= 11 is 0. The third kappa shape index (κ3) is 3.62. The summed E-state index contributed by atoms with van der Waals surface area (Å²) in [5.74, 6) is -0.0854. The maximum atomic E-state index is 12.6. The maximum Gasteiger partial charge on any atom is 0.303 e. The van der Waals surface area contributed by atoms with E-state index in [1.807, 2.05) is 0 Å². The van der Waals surface area contributed by atoms with Crippen molar-refractivity contribution in [2.24, 2.45) is 13.0 Å². The van der Waals surface area contributed by atoms with E-state index in [0.29, 0.717) is 25.3 Å². The number of aromatic nitrogens is 2. The lowest BCUT2D eigenvalue weighted by molar-refractivity contribution is -0.137. The highest BCUT2D eigenvalue weighted by molar-refractivity contribution is 7.89. The molecule has 2 rings (SSSR count). The summed E-state index contributed by atoms with van der Waals surface area (Å²) in [6, 6.07) is 0. The van der Waals surface area contributed by atoms with Gasteiger partial charge in [0.15, 0.2) is 5.03 Å². The van der Waals surface area contributed by atoms with Crippen LogP contribution in [0.15, 0.2) is 11.2 Å². The number of imidazole rings is 1. The van der Waals surface area contributed by atoms with E-state index in [1.54, 1.807) is 18.5 Å². The molecule has 1 N–H and O–H groups in total. The highest BCUT2D eigenvalue weighted by atomic mass is 32.2. The molecule has 1 unspecified atom stereocenters. The number of carboxylic acids is 1. The van der Waals surface area contributed by atoms with Gasteiger partial charge in [0.1, 0.15) is 5.82 Å². The predicted octanol–water partition coefficient (Wildman–Crippen LogP) is 0.994. The normalized spacial score (nSPS) is 20.6. The van der Waals surface area contributed by atoms with E-state index in [9.17, 15) is 13.2 Å². The monoisotopic (exact) mass is 315 g/mol. The van der Waals surface area contributed by atoms with Crippen molar-refractivity contribution < 1.29 is 18.3 Å². The summed E-state index contributed by atoms with van der Waals surface area (Å²) in [6.07, 6.45) is 3.76. The van der Waals surface area contributed by atoms with E-state index in [2.05, 4.69) is 4.98 Å². The van der Waals surface area contributed by atoms with Gasteiger partial charge in [-0.3, -0.25) is 4.79 Å². The van der Waals surface area contributed by atoms with Crippen LogP contribution in [0.25, 0.3) is 0 Å². The van der Waals surface area contributed by atoms with Gasteiger partial charge in [0.2, 0.25) is 0 Å². The highest BCUT2D eigenvalue weighted by Crippen LogP contribution is 2.25. The Kier molecular flexibility index (Phi) is 4.67. The van der Waals surface area contributed by atoms with Crippen LogP contribution in [0.3, 0.4) is 0 Å². The lowest BCUT2D eigenvalue weighted by Crippen LogP contribution is -2.40. The summed E-state index contributed by atoms with van der Waals surface area (Å²) in [5.41, 5.74) is 0. The van der Waals surface area contributed by atoms with Crippen LogP contribution in [0.2, 0.25) is 0 Å². The molecule has 1 aliphatic heterocycles. The molecule has 1 atom stereocenters. The smallest absolute Gasteiger partial charge is 0.303 e. The number of hydrogen-bond donors (Lipinski definition) is 1. The second-order valence-electron chi connectivity index (χ2n) is 5.54. The molecule has 0 radical (unpaired) electrons. The zero-order valence-electron chi connectivity index (χ0n) is 12.3. The van der Waals surface area contributed by atoms with E-state index >= 15 is 0 Å². The van der Waals surface area contributed by atoms with Crippen molar-refractivity contribution in [3.05, 3.63) is 12.0 Å². The van der Waals surface area contributed by atoms with Gasteiger partial charge >= 0.3 is 5.97 Å². The average Bonchev–Trinajstić information content (AvgIpc) is 2.77. The zero-order valence-corrected chi connectivity index (χ0v) is 13.1. The number of nitrogens with zero attached hydrogens (tertiary/aromatic N) is 3. The van der Waals surface area contributed by atoms with Crippen LogP contribution >= 0.6 is 0 Å². The van der Waals surface area contributed by atoms with Crippen molar-refractivity contribution >= 4 is 16.0 Å². The van der Waals surface area contributed by atoms with Gasteiger partial charge in [-0.1, -0.05) is 0 Å². The van der Waals surface area contributed by atoms with E-state index in [-0.39, 0.29) is 17.4 Å². The van der Waals surface area contributed by atoms with Crippen LogP contribution in [-0.2, 0) is 21.9 Å². The van der Waals surface area contributed by atoms with E-state index in [4.69, 9.17) is 5.11 Å². The minimum Gasteiger partial charge on any atom is -0.481 e. The number of aryl methyl sites for hydroxylation is 2. The fourth-order valence-corrected chi connectivity index (χ4v) is 4.17. The Labute approximate surface area is 124 Å². The van der Waals surface area contributed by atoms with Gasteiger partial charge in [-0.05, 0) is 32.1 Å². The Morgan fingerprint density at radius 3 is 2.81 bits per heavy atom. The molecule has 1 aromatic rings. The summed E-state index contributed by atoms with van der Waals surface area (Å²) < 4.78 is 28.3. The third-order valence-electron chi connectivity index (χ3n) is 3.94. The van der Waals surface area contributed by atoms with Crippen molar-refractivity contribution in [3.8, 4) is 0 Å². The maximum absolute atomic E-state index is 12.6. The Morgan fingerprint density at radius 1 is 1.52 bits per heavy atom. The van der Waals surface area contributed by atoms with Crippen LogP contribution in [0.5, 0.6) is 0 Å². The molecule has 0 spiro atoms. The lowest BCUT2D eigenvalue weighted by Gasteiger charge is -2.31. The van der Waals surface area contributed by atoms with E-state index in [1.165, 1.54) is 10.5 Å². The molecule has 1 fully saturated rings. The van der Waals surface area contributed by atoms with Gasteiger partial charge in [0.25, 0.3) is 10.0 Å². The topological polar surface area (TPSA) is 92.5 Å². The van der Waals surface area contributed by atoms with Crippen molar-refractivity contribution in [2.45, 2.75) is 37.6 Å². The first-order valence-electron chi connectivity index (χ1n) is 7.02. The Balaban J connectivity index is 2.11. The van der Waals surface area contributed by atoms with Gasteiger partial charge in [-0.2, -0.15) is 4.31 Å². The van der Waals surface area contributed by atoms with Gasteiger partial charge in [-0.25, -0.2) is 13.4 Å². The number of sulfonamides is 1. The lowest BCUT2D eigenvalue weighted by atomic mass is 9.95. The van der Waals surface area contributed by atoms with Crippen LogP contribution in [0.4, 0.5) is 0 Å². The van der Waals surface area contributed by atoms with Gasteiger partial charge in [0, 0.05) is 32.8 Å². The zero-order chi connectivity index (χ0) is 15.6. The van der Waals surface area contributed by atoms with E-state index < -0.39 is 16.0 Å². The largest absolute Gasteiger partial charge is 0.481 e. The van der Waals surface area contributed by atoms with E-state index in [0.717, 1.165) is 12.8 Å². The van der Waals surface area contributed by atoms with Crippen molar-refractivity contribution in [2.75, 3.05) is 13.1 Å². The van der Waals surface area contributed by atoms with Gasteiger partial charge < -0.3 is 9.67 Å². The quantitative estimate of drug-likeness (QED) is 0.875. The SMILES string of the molecule is Cc1nc(S(=O)(=O)N2CCCC(CCC(=O)O)C2)cn1C. The summed E-state index contributed by atoms with van der Waals surface area (Å²) in [6.45, 7) is 2.61. The molecule has 118 valence electrons. The Morgan fingerprint density at radius 2 is 2.24 bits per heavy atom. The van der Waals surface area contributed by atoms with Crippen LogP contribution in [-0.4, -0.2) is 46.4 Å². The van der Waals surface area contributed by atoms with Crippen LogP contribution < -0.4 is 0 Å². The molecular weight excluding hydrogens is 294 g/mol. The number of carbonyl (C=O) groups is 1. The third-order valence-corrected chi connectivity index (χ3v) is 5.68. The first kappa shape index (κ1) is 16.0. The van der Waals surface area contributed by atoms with Crippen molar-refractivity contribution in [1.82, 2.24) is 13.9 Å². The molecular formula is C13H21N3O4S. The number of hydrogen-bond acceptors (Lipinski definition) is 4. The number of aliphatic carboxylic acids is 1. The van der Waals surface area contributed by atoms with Crippen molar-refractivity contribution in [1.29, 1.82) is 0 Å². The molecule has 0 aliphatic carbocycles. The molecule has 0 bridgehead atoms. The molecule has 0 amide bonds. The molecule has 0 saturated carbocycles. The second kappa shape index (κ2) is 6.15. The van der Waals surface area contributed by atoms with Crippen molar-refractivity contribution in [3.63, 3.8) is 0 Å². The summed E-state index contributed by atoms with van der Waals surface area (Å²) in [4.78, 5) is 14.7.